The molecular weight excluding hydrogens is 290 g/mol. The van der Waals surface area contributed by atoms with Gasteiger partial charge in [0.1, 0.15) is 0 Å². The SMILES string of the molecule is Cc1cc2cc([C@H]3[C@@H]4CC[C@@H](C4)[C@H]3C(=O)N(C)C)ccc2s1. The van der Waals surface area contributed by atoms with Crippen molar-refractivity contribution < 1.29 is 4.79 Å². The van der Waals surface area contributed by atoms with Crippen LogP contribution in [0.2, 0.25) is 0 Å². The minimum Gasteiger partial charge on any atom is -0.349 e. The molecule has 1 aromatic heterocycles. The first-order chi connectivity index (χ1) is 10.5. The Labute approximate surface area is 136 Å². The number of fused-ring (bicyclic) bond motifs is 3. The van der Waals surface area contributed by atoms with Gasteiger partial charge in [0.2, 0.25) is 5.91 Å². The summed E-state index contributed by atoms with van der Waals surface area (Å²) in [6, 6.07) is 9.16. The molecule has 2 fully saturated rings. The van der Waals surface area contributed by atoms with E-state index in [2.05, 4.69) is 31.2 Å². The van der Waals surface area contributed by atoms with E-state index < -0.39 is 0 Å². The topological polar surface area (TPSA) is 20.3 Å². The number of rotatable bonds is 2. The van der Waals surface area contributed by atoms with Crippen LogP contribution in [-0.2, 0) is 4.79 Å². The first kappa shape index (κ1) is 14.3. The Morgan fingerprint density at radius 1 is 1.18 bits per heavy atom. The first-order valence-electron chi connectivity index (χ1n) is 8.26. The van der Waals surface area contributed by atoms with Crippen molar-refractivity contribution in [3.8, 4) is 0 Å². The molecule has 2 aliphatic rings. The average molecular weight is 313 g/mol. The molecule has 2 nitrogen and oxygen atoms in total. The van der Waals surface area contributed by atoms with E-state index in [1.165, 1.54) is 39.8 Å². The number of carbonyl (C=O) groups excluding carboxylic acids is 1. The van der Waals surface area contributed by atoms with Gasteiger partial charge in [-0.05, 0) is 73.1 Å². The fourth-order valence-corrected chi connectivity index (χ4v) is 5.73. The van der Waals surface area contributed by atoms with Crippen molar-refractivity contribution in [3.05, 3.63) is 34.7 Å². The number of hydrogen-bond donors (Lipinski definition) is 0. The van der Waals surface area contributed by atoms with E-state index in [1.54, 1.807) is 4.90 Å². The van der Waals surface area contributed by atoms with E-state index in [0.29, 0.717) is 23.7 Å². The predicted octanol–water partition coefficient (Wildman–Crippen LogP) is 4.43. The molecule has 1 amide bonds. The lowest BCUT2D eigenvalue weighted by molar-refractivity contribution is -0.135. The number of aryl methyl sites for hydroxylation is 1. The lowest BCUT2D eigenvalue weighted by Gasteiger charge is -2.32. The zero-order chi connectivity index (χ0) is 15.4. The van der Waals surface area contributed by atoms with Gasteiger partial charge in [-0.25, -0.2) is 0 Å². The van der Waals surface area contributed by atoms with Gasteiger partial charge in [0, 0.05) is 29.6 Å². The Kier molecular flexibility index (Phi) is 3.30. The standard InChI is InChI=1S/C19H23NOS/c1-11-8-15-10-13(6-7-16(15)22-11)17-12-4-5-14(9-12)18(17)19(21)20(2)3/h6-8,10,12,14,17-18H,4-5,9H2,1-3H3/t12-,14+,17-,18-/m1/s1. The van der Waals surface area contributed by atoms with Gasteiger partial charge in [0.05, 0.1) is 0 Å². The quantitative estimate of drug-likeness (QED) is 0.803. The zero-order valence-electron chi connectivity index (χ0n) is 13.5. The molecule has 3 heteroatoms. The van der Waals surface area contributed by atoms with Gasteiger partial charge < -0.3 is 4.90 Å². The van der Waals surface area contributed by atoms with Crippen LogP contribution < -0.4 is 0 Å². The Bertz CT molecular complexity index is 732. The highest BCUT2D eigenvalue weighted by Gasteiger charge is 2.51. The third-order valence-electron chi connectivity index (χ3n) is 5.69. The largest absolute Gasteiger partial charge is 0.349 e. The maximum Gasteiger partial charge on any atom is 0.226 e. The molecule has 2 bridgehead atoms. The molecule has 0 spiro atoms. The number of benzene rings is 1. The average Bonchev–Trinajstić information content (AvgIpc) is 3.17. The summed E-state index contributed by atoms with van der Waals surface area (Å²) in [5.41, 5.74) is 1.39. The molecule has 1 heterocycles. The van der Waals surface area contributed by atoms with Gasteiger partial charge in [-0.3, -0.25) is 4.79 Å². The molecule has 0 aliphatic heterocycles. The van der Waals surface area contributed by atoms with Crippen molar-refractivity contribution in [1.82, 2.24) is 4.90 Å². The molecule has 2 aromatic rings. The van der Waals surface area contributed by atoms with Crippen LogP contribution in [0.3, 0.4) is 0 Å². The van der Waals surface area contributed by atoms with Crippen molar-refractivity contribution in [2.24, 2.45) is 17.8 Å². The summed E-state index contributed by atoms with van der Waals surface area (Å²) >= 11 is 1.86. The number of hydrogen-bond acceptors (Lipinski definition) is 2. The van der Waals surface area contributed by atoms with Crippen molar-refractivity contribution in [3.63, 3.8) is 0 Å². The molecule has 2 aliphatic carbocycles. The Morgan fingerprint density at radius 3 is 2.73 bits per heavy atom. The third kappa shape index (κ3) is 2.10. The van der Waals surface area contributed by atoms with Gasteiger partial charge in [0.25, 0.3) is 0 Å². The van der Waals surface area contributed by atoms with E-state index in [1.807, 2.05) is 25.4 Å². The second-order valence-corrected chi connectivity index (χ2v) is 8.56. The van der Waals surface area contributed by atoms with E-state index in [9.17, 15) is 4.79 Å². The van der Waals surface area contributed by atoms with E-state index in [0.717, 1.165) is 0 Å². The summed E-state index contributed by atoms with van der Waals surface area (Å²) in [6.07, 6.45) is 3.79. The molecule has 0 radical (unpaired) electrons. The summed E-state index contributed by atoms with van der Waals surface area (Å²) < 4.78 is 1.36. The highest BCUT2D eigenvalue weighted by atomic mass is 32.1. The number of thiophene rings is 1. The summed E-state index contributed by atoms with van der Waals surface area (Å²) in [4.78, 5) is 15.9. The van der Waals surface area contributed by atoms with E-state index in [4.69, 9.17) is 0 Å². The molecule has 4 atom stereocenters. The molecular formula is C19H23NOS. The smallest absolute Gasteiger partial charge is 0.226 e. The first-order valence-corrected chi connectivity index (χ1v) is 9.07. The van der Waals surface area contributed by atoms with Crippen molar-refractivity contribution in [2.45, 2.75) is 32.1 Å². The maximum absolute atomic E-state index is 12.7. The number of nitrogens with zero attached hydrogens (tertiary/aromatic N) is 1. The summed E-state index contributed by atoms with van der Waals surface area (Å²) in [6.45, 7) is 2.17. The van der Waals surface area contributed by atoms with Gasteiger partial charge in [-0.1, -0.05) is 6.07 Å². The molecule has 1 aromatic carbocycles. The van der Waals surface area contributed by atoms with Gasteiger partial charge >= 0.3 is 0 Å². The van der Waals surface area contributed by atoms with Gasteiger partial charge in [-0.2, -0.15) is 0 Å². The Balaban J connectivity index is 1.75. The van der Waals surface area contributed by atoms with E-state index >= 15 is 0 Å². The number of carbonyl (C=O) groups is 1. The summed E-state index contributed by atoms with van der Waals surface area (Å²) in [5, 5.41) is 1.35. The molecule has 0 saturated heterocycles. The van der Waals surface area contributed by atoms with Crippen LogP contribution in [0, 0.1) is 24.7 Å². The minimum atomic E-state index is 0.200. The van der Waals surface area contributed by atoms with Crippen LogP contribution in [0.1, 0.15) is 35.6 Å². The van der Waals surface area contributed by atoms with Crippen LogP contribution >= 0.6 is 11.3 Å². The van der Waals surface area contributed by atoms with Crippen LogP contribution in [0.15, 0.2) is 24.3 Å². The van der Waals surface area contributed by atoms with Gasteiger partial charge in [-0.15, -0.1) is 11.3 Å². The Morgan fingerprint density at radius 2 is 1.95 bits per heavy atom. The summed E-state index contributed by atoms with van der Waals surface area (Å²) in [5.74, 6) is 2.27. The second kappa shape index (κ2) is 5.09. The normalized spacial score (nSPS) is 30.1. The molecule has 2 saturated carbocycles. The highest BCUT2D eigenvalue weighted by Crippen LogP contribution is 2.57. The van der Waals surface area contributed by atoms with E-state index in [-0.39, 0.29) is 5.92 Å². The lowest BCUT2D eigenvalue weighted by atomic mass is 9.74. The second-order valence-electron chi connectivity index (χ2n) is 7.27. The maximum atomic E-state index is 12.7. The van der Waals surface area contributed by atoms with Crippen LogP contribution in [0.25, 0.3) is 10.1 Å². The van der Waals surface area contributed by atoms with Crippen molar-refractivity contribution in [2.75, 3.05) is 14.1 Å². The Hall–Kier alpha value is -1.35. The monoisotopic (exact) mass is 313 g/mol. The van der Waals surface area contributed by atoms with Crippen LogP contribution in [0.4, 0.5) is 0 Å². The van der Waals surface area contributed by atoms with Gasteiger partial charge in [0.15, 0.2) is 0 Å². The molecule has 116 valence electrons. The third-order valence-corrected chi connectivity index (χ3v) is 6.72. The number of amides is 1. The fourth-order valence-electron chi connectivity index (χ4n) is 4.83. The predicted molar refractivity (Wildman–Crippen MR) is 92.3 cm³/mol. The fraction of sp³-hybridized carbons (Fsp3) is 0.526. The molecule has 4 rings (SSSR count). The van der Waals surface area contributed by atoms with Crippen molar-refractivity contribution >= 4 is 27.3 Å². The molecule has 0 unspecified atom stereocenters. The molecule has 22 heavy (non-hydrogen) atoms. The zero-order valence-corrected chi connectivity index (χ0v) is 14.3. The van der Waals surface area contributed by atoms with Crippen LogP contribution in [0.5, 0.6) is 0 Å². The minimum absolute atomic E-state index is 0.200. The lowest BCUT2D eigenvalue weighted by Crippen LogP contribution is -2.36. The van der Waals surface area contributed by atoms with Crippen LogP contribution in [-0.4, -0.2) is 24.9 Å². The highest BCUT2D eigenvalue weighted by molar-refractivity contribution is 7.19. The summed E-state index contributed by atoms with van der Waals surface area (Å²) in [7, 11) is 3.80. The van der Waals surface area contributed by atoms with Crippen molar-refractivity contribution in [1.29, 1.82) is 0 Å². The molecule has 0 N–H and O–H groups in total.